The molecule has 0 fully saturated rings. The van der Waals surface area contributed by atoms with Gasteiger partial charge in [0.25, 0.3) is 0 Å². The fourth-order valence-corrected chi connectivity index (χ4v) is 3.66. The molecular weight excluding hydrogens is 396 g/mol. The number of aromatic nitrogens is 1. The van der Waals surface area contributed by atoms with Crippen molar-refractivity contribution in [2.24, 2.45) is 0 Å². The molecule has 3 rings (SSSR count). The van der Waals surface area contributed by atoms with E-state index in [4.69, 9.17) is 21.1 Å². The molecule has 3 aromatic rings. The molecule has 0 bridgehead atoms. The van der Waals surface area contributed by atoms with E-state index < -0.39 is 0 Å². The maximum atomic E-state index is 12.3. The Kier molecular flexibility index (Phi) is 6.34. The quantitative estimate of drug-likeness (QED) is 0.545. The van der Waals surface area contributed by atoms with Crippen LogP contribution in [-0.4, -0.2) is 25.1 Å². The van der Waals surface area contributed by atoms with Crippen LogP contribution < -0.4 is 14.8 Å². The highest BCUT2D eigenvalue weighted by molar-refractivity contribution is 7.16. The predicted molar refractivity (Wildman–Crippen MR) is 115 cm³/mol. The molecule has 0 aliphatic heterocycles. The number of hydrogen-bond acceptors (Lipinski definition) is 5. The molecule has 0 aliphatic carbocycles. The summed E-state index contributed by atoms with van der Waals surface area (Å²) in [5.74, 6) is 0.976. The van der Waals surface area contributed by atoms with Gasteiger partial charge in [0.05, 0.1) is 19.9 Å². The van der Waals surface area contributed by atoms with Gasteiger partial charge in [0, 0.05) is 21.5 Å². The lowest BCUT2D eigenvalue weighted by molar-refractivity contribution is -0.111. The molecule has 0 unspecified atom stereocenters. The molecule has 0 saturated heterocycles. The van der Waals surface area contributed by atoms with E-state index in [0.717, 1.165) is 21.7 Å². The van der Waals surface area contributed by atoms with Crippen LogP contribution in [0, 0.1) is 6.92 Å². The maximum Gasteiger partial charge on any atom is 0.250 e. The lowest BCUT2D eigenvalue weighted by Crippen LogP contribution is -2.07. The minimum atomic E-state index is -0.263. The molecule has 1 amide bonds. The summed E-state index contributed by atoms with van der Waals surface area (Å²) in [6.45, 7) is 1.96. The van der Waals surface area contributed by atoms with Gasteiger partial charge in [-0.05, 0) is 42.8 Å². The Morgan fingerprint density at radius 3 is 2.64 bits per heavy atom. The van der Waals surface area contributed by atoms with Crippen LogP contribution in [0.5, 0.6) is 11.5 Å². The van der Waals surface area contributed by atoms with Gasteiger partial charge in [0.15, 0.2) is 16.6 Å². The Morgan fingerprint density at radius 2 is 1.93 bits per heavy atom. The highest BCUT2D eigenvalue weighted by Crippen LogP contribution is 2.31. The lowest BCUT2D eigenvalue weighted by Gasteiger charge is -2.07. The molecule has 1 aromatic heterocycles. The maximum absolute atomic E-state index is 12.3. The number of methoxy groups -OCH3 is 2. The van der Waals surface area contributed by atoms with Gasteiger partial charge in [0.2, 0.25) is 5.91 Å². The van der Waals surface area contributed by atoms with Gasteiger partial charge in [0.1, 0.15) is 0 Å². The number of carbonyl (C=O) groups is 1. The average Bonchev–Trinajstić information content (AvgIpc) is 3.06. The van der Waals surface area contributed by atoms with Gasteiger partial charge in [-0.2, -0.15) is 0 Å². The van der Waals surface area contributed by atoms with E-state index in [1.165, 1.54) is 17.4 Å². The summed E-state index contributed by atoms with van der Waals surface area (Å²) in [6.07, 6.45) is 3.16. The van der Waals surface area contributed by atoms with Gasteiger partial charge in [-0.15, -0.1) is 11.3 Å². The lowest BCUT2D eigenvalue weighted by atomic mass is 10.1. The molecule has 144 valence electrons. The third-order valence-corrected chi connectivity index (χ3v) is 5.08. The smallest absolute Gasteiger partial charge is 0.250 e. The van der Waals surface area contributed by atoms with Crippen LogP contribution >= 0.6 is 22.9 Å². The van der Waals surface area contributed by atoms with Crippen LogP contribution in [0.25, 0.3) is 17.3 Å². The minimum Gasteiger partial charge on any atom is -0.493 e. The van der Waals surface area contributed by atoms with Gasteiger partial charge < -0.3 is 9.47 Å². The zero-order chi connectivity index (χ0) is 20.1. The number of nitrogens with one attached hydrogen (secondary N) is 1. The minimum absolute atomic E-state index is 0.263. The highest BCUT2D eigenvalue weighted by atomic mass is 35.5. The molecule has 28 heavy (non-hydrogen) atoms. The SMILES string of the molecule is COc1ccc(C=CC(=O)Nc2nc(-c3cccc(Cl)c3)c(C)s2)cc1OC. The number of ether oxygens (including phenoxy) is 2. The molecule has 0 spiro atoms. The van der Waals surface area contributed by atoms with Crippen molar-refractivity contribution < 1.29 is 14.3 Å². The Balaban J connectivity index is 1.72. The van der Waals surface area contributed by atoms with Crippen LogP contribution in [0.3, 0.4) is 0 Å². The number of anilines is 1. The van der Waals surface area contributed by atoms with Crippen molar-refractivity contribution in [3.63, 3.8) is 0 Å². The molecule has 2 aromatic carbocycles. The summed E-state index contributed by atoms with van der Waals surface area (Å²) in [4.78, 5) is 17.8. The molecule has 1 heterocycles. The largest absolute Gasteiger partial charge is 0.493 e. The van der Waals surface area contributed by atoms with Crippen molar-refractivity contribution >= 4 is 40.1 Å². The molecule has 1 N–H and O–H groups in total. The number of nitrogens with zero attached hydrogens (tertiary/aromatic N) is 1. The molecule has 5 nitrogen and oxygen atoms in total. The third-order valence-electron chi connectivity index (χ3n) is 3.96. The van der Waals surface area contributed by atoms with E-state index in [0.29, 0.717) is 21.7 Å². The number of thiazole rings is 1. The van der Waals surface area contributed by atoms with Crippen molar-refractivity contribution in [1.29, 1.82) is 0 Å². The Labute approximate surface area is 172 Å². The summed E-state index contributed by atoms with van der Waals surface area (Å²) in [7, 11) is 3.15. The predicted octanol–water partition coefficient (Wildman–Crippen LogP) is 5.44. The van der Waals surface area contributed by atoms with Crippen molar-refractivity contribution in [2.45, 2.75) is 6.92 Å². The van der Waals surface area contributed by atoms with Crippen molar-refractivity contribution in [1.82, 2.24) is 4.98 Å². The summed E-state index contributed by atoms with van der Waals surface area (Å²) < 4.78 is 10.5. The number of hydrogen-bond donors (Lipinski definition) is 1. The molecule has 0 aliphatic rings. The van der Waals surface area contributed by atoms with E-state index in [-0.39, 0.29) is 5.91 Å². The van der Waals surface area contributed by atoms with Crippen LogP contribution in [0.4, 0.5) is 5.13 Å². The number of aryl methyl sites for hydroxylation is 1. The molecule has 0 saturated carbocycles. The topological polar surface area (TPSA) is 60.5 Å². The zero-order valence-corrected chi connectivity index (χ0v) is 17.2. The summed E-state index contributed by atoms with van der Waals surface area (Å²) >= 11 is 7.48. The van der Waals surface area contributed by atoms with Crippen molar-refractivity contribution in [3.05, 3.63) is 64.0 Å². The zero-order valence-electron chi connectivity index (χ0n) is 15.7. The monoisotopic (exact) mass is 414 g/mol. The number of rotatable bonds is 6. The Hall–Kier alpha value is -2.83. The first-order chi connectivity index (χ1) is 13.5. The third kappa shape index (κ3) is 4.71. The van der Waals surface area contributed by atoms with Crippen molar-refractivity contribution in [2.75, 3.05) is 19.5 Å². The van der Waals surface area contributed by atoms with Crippen LogP contribution in [-0.2, 0) is 4.79 Å². The first kappa shape index (κ1) is 19.9. The van der Waals surface area contributed by atoms with Gasteiger partial charge in [-0.25, -0.2) is 4.98 Å². The number of amides is 1. The summed E-state index contributed by atoms with van der Waals surface area (Å²) in [5, 5.41) is 3.98. The number of benzene rings is 2. The van der Waals surface area contributed by atoms with Gasteiger partial charge >= 0.3 is 0 Å². The summed E-state index contributed by atoms with van der Waals surface area (Å²) in [5.41, 5.74) is 2.55. The normalized spacial score (nSPS) is 10.9. The first-order valence-corrected chi connectivity index (χ1v) is 9.64. The fourth-order valence-electron chi connectivity index (χ4n) is 2.63. The Morgan fingerprint density at radius 1 is 1.14 bits per heavy atom. The van der Waals surface area contributed by atoms with Crippen LogP contribution in [0.15, 0.2) is 48.5 Å². The standard InChI is InChI=1S/C21H19ClN2O3S/c1-13-20(15-5-4-6-16(22)12-15)24-21(28-13)23-19(25)10-8-14-7-9-17(26-2)18(11-14)27-3/h4-12H,1-3H3,(H,23,24,25). The second-order valence-electron chi connectivity index (χ2n) is 5.87. The van der Waals surface area contributed by atoms with E-state index in [9.17, 15) is 4.79 Å². The van der Waals surface area contributed by atoms with Gasteiger partial charge in [-0.3, -0.25) is 10.1 Å². The molecular formula is C21H19ClN2O3S. The van der Waals surface area contributed by atoms with E-state index in [2.05, 4.69) is 10.3 Å². The Bertz CT molecular complexity index is 1030. The van der Waals surface area contributed by atoms with Crippen LogP contribution in [0.1, 0.15) is 10.4 Å². The molecule has 0 atom stereocenters. The van der Waals surface area contributed by atoms with Gasteiger partial charge in [-0.1, -0.05) is 29.8 Å². The molecule has 7 heteroatoms. The van der Waals surface area contributed by atoms with E-state index in [1.54, 1.807) is 32.4 Å². The van der Waals surface area contributed by atoms with E-state index in [1.807, 2.05) is 37.3 Å². The number of carbonyl (C=O) groups excluding carboxylic acids is 1. The highest BCUT2D eigenvalue weighted by Gasteiger charge is 2.11. The summed E-state index contributed by atoms with van der Waals surface area (Å²) in [6, 6.07) is 12.9. The average molecular weight is 415 g/mol. The fraction of sp³-hybridized carbons (Fsp3) is 0.143. The first-order valence-electron chi connectivity index (χ1n) is 8.44. The number of halogens is 1. The molecule has 0 radical (unpaired) electrons. The van der Waals surface area contributed by atoms with E-state index >= 15 is 0 Å². The van der Waals surface area contributed by atoms with Crippen molar-refractivity contribution in [3.8, 4) is 22.8 Å². The second-order valence-corrected chi connectivity index (χ2v) is 7.51. The van der Waals surface area contributed by atoms with Crippen LogP contribution in [0.2, 0.25) is 5.02 Å². The second kappa shape index (κ2) is 8.91.